The molecule has 3 aliphatic rings. The molecular formula is C57H66N2O9S. The van der Waals surface area contributed by atoms with E-state index < -0.39 is 23.8 Å². The normalized spacial score (nSPS) is 21.9. The van der Waals surface area contributed by atoms with Crippen LogP contribution < -0.4 is 9.47 Å². The third kappa shape index (κ3) is 11.9. The number of rotatable bonds is 25. The van der Waals surface area contributed by atoms with E-state index in [9.17, 15) is 10.2 Å². The molecule has 1 heterocycles. The minimum atomic E-state index is -1.46. The molecule has 0 spiro atoms. The van der Waals surface area contributed by atoms with Crippen molar-refractivity contribution in [3.05, 3.63) is 162 Å². The Morgan fingerprint density at radius 3 is 2.42 bits per heavy atom. The van der Waals surface area contributed by atoms with E-state index in [1.54, 1.807) is 29.8 Å². The van der Waals surface area contributed by atoms with Crippen molar-refractivity contribution in [1.29, 1.82) is 0 Å². The molecule has 364 valence electrons. The average molecular weight is 955 g/mol. The lowest BCUT2D eigenvalue weighted by Gasteiger charge is -2.59. The van der Waals surface area contributed by atoms with Crippen LogP contribution in [-0.4, -0.2) is 91.3 Å². The molecular weight excluding hydrogens is 889 g/mol. The van der Waals surface area contributed by atoms with Crippen molar-refractivity contribution in [1.82, 2.24) is 4.90 Å². The number of ether oxygens (including phenoxy) is 5. The minimum absolute atomic E-state index is 0.0277. The number of unbranched alkanes of at least 4 members (excludes halogenated alkanes) is 2. The lowest BCUT2D eigenvalue weighted by molar-refractivity contribution is -0.256. The number of fused-ring (bicyclic) bond motifs is 3. The van der Waals surface area contributed by atoms with Crippen LogP contribution in [0.5, 0.6) is 11.5 Å². The zero-order chi connectivity index (χ0) is 47.8. The first-order valence-corrected chi connectivity index (χ1v) is 25.4. The maximum atomic E-state index is 15.1. The lowest BCUT2D eigenvalue weighted by Crippen LogP contribution is -2.70. The number of carbonyl (C=O) groups excluding carboxylic acids is 1. The molecule has 0 saturated heterocycles. The number of hydrogen-bond acceptors (Lipinski definition) is 11. The van der Waals surface area contributed by atoms with Crippen LogP contribution in [0.1, 0.15) is 67.6 Å². The Balaban J connectivity index is 1.23. The fraction of sp³-hybridized carbons (Fsp3) is 0.404. The van der Waals surface area contributed by atoms with Crippen LogP contribution in [0, 0.1) is 17.8 Å². The molecule has 69 heavy (non-hydrogen) atoms. The van der Waals surface area contributed by atoms with E-state index in [0.29, 0.717) is 37.5 Å². The van der Waals surface area contributed by atoms with E-state index in [1.165, 1.54) is 4.90 Å². The largest absolute Gasteiger partial charge is 0.493 e. The van der Waals surface area contributed by atoms with Gasteiger partial charge in [0, 0.05) is 41.8 Å². The highest BCUT2D eigenvalue weighted by molar-refractivity contribution is 7.99. The third-order valence-electron chi connectivity index (χ3n) is 13.6. The van der Waals surface area contributed by atoms with Crippen LogP contribution in [-0.2, 0) is 32.2 Å². The summed E-state index contributed by atoms with van der Waals surface area (Å²) in [6.45, 7) is 5.74. The number of nitrogens with zero attached hydrogens (tertiary/aromatic N) is 2. The number of aliphatic hydroxyl groups excluding tert-OH is 2. The monoisotopic (exact) mass is 954 g/mol. The van der Waals surface area contributed by atoms with Gasteiger partial charge in [-0.2, -0.15) is 0 Å². The Morgan fingerprint density at radius 1 is 0.884 bits per heavy atom. The Labute approximate surface area is 411 Å². The molecule has 0 aromatic heterocycles. The van der Waals surface area contributed by atoms with Gasteiger partial charge in [-0.1, -0.05) is 121 Å². The van der Waals surface area contributed by atoms with Gasteiger partial charge in [0.2, 0.25) is 5.79 Å². The van der Waals surface area contributed by atoms with Gasteiger partial charge in [0.05, 0.1) is 44.6 Å². The maximum Gasteiger partial charge on any atom is 0.410 e. The minimum Gasteiger partial charge on any atom is -0.493 e. The molecule has 1 saturated carbocycles. The summed E-state index contributed by atoms with van der Waals surface area (Å²) in [5.41, 5.74) is 4.62. The summed E-state index contributed by atoms with van der Waals surface area (Å²) in [5.74, 6) is 0.166. The fourth-order valence-electron chi connectivity index (χ4n) is 10.6. The molecule has 6 atom stereocenters. The van der Waals surface area contributed by atoms with Gasteiger partial charge in [-0.05, 0) is 95.3 Å². The van der Waals surface area contributed by atoms with Gasteiger partial charge in [0.15, 0.2) is 0 Å². The summed E-state index contributed by atoms with van der Waals surface area (Å²) in [4.78, 5) is 23.8. The van der Waals surface area contributed by atoms with Gasteiger partial charge in [-0.3, -0.25) is 4.90 Å². The molecule has 11 nitrogen and oxygen atoms in total. The highest BCUT2D eigenvalue weighted by atomic mass is 32.2. The van der Waals surface area contributed by atoms with Gasteiger partial charge in [-0.15, -0.1) is 18.3 Å². The second-order valence-electron chi connectivity index (χ2n) is 17.9. The summed E-state index contributed by atoms with van der Waals surface area (Å²) in [6, 6.07) is 39.8. The van der Waals surface area contributed by atoms with E-state index >= 15 is 4.79 Å². The van der Waals surface area contributed by atoms with Crippen LogP contribution in [0.4, 0.5) is 4.79 Å². The molecule has 0 bridgehead atoms. The number of thioether (sulfide) groups is 1. The number of oxime groups is 1. The van der Waals surface area contributed by atoms with Crippen LogP contribution >= 0.6 is 11.8 Å². The van der Waals surface area contributed by atoms with Gasteiger partial charge >= 0.3 is 6.09 Å². The molecule has 2 aliphatic carbocycles. The van der Waals surface area contributed by atoms with Crippen LogP contribution in [0.25, 0.3) is 10.8 Å². The lowest BCUT2D eigenvalue weighted by atomic mass is 9.55. The molecule has 5 aromatic rings. The first-order chi connectivity index (χ1) is 34.0. The number of hydrogen-bond donors (Lipinski definition) is 2. The van der Waals surface area contributed by atoms with E-state index in [0.717, 1.165) is 70.2 Å². The maximum absolute atomic E-state index is 15.1. The first kappa shape index (κ1) is 49.8. The highest BCUT2D eigenvalue weighted by Crippen LogP contribution is 2.62. The molecule has 1 aliphatic heterocycles. The topological polar surface area (TPSA) is 129 Å². The molecule has 2 N–H and O–H groups in total. The molecule has 6 unspecified atom stereocenters. The van der Waals surface area contributed by atoms with Crippen LogP contribution in [0.15, 0.2) is 156 Å². The number of amides is 1. The summed E-state index contributed by atoms with van der Waals surface area (Å²) in [5, 5.41) is 26.9. The van der Waals surface area contributed by atoms with Crippen molar-refractivity contribution in [2.24, 2.45) is 22.9 Å². The van der Waals surface area contributed by atoms with E-state index in [1.807, 2.05) is 78.9 Å². The second-order valence-corrected chi connectivity index (χ2v) is 19.1. The molecule has 1 fully saturated rings. The first-order valence-electron chi connectivity index (χ1n) is 24.4. The van der Waals surface area contributed by atoms with Crippen molar-refractivity contribution >= 4 is 34.3 Å². The van der Waals surface area contributed by atoms with E-state index in [-0.39, 0.29) is 63.8 Å². The van der Waals surface area contributed by atoms with Gasteiger partial charge in [0.25, 0.3) is 0 Å². The molecule has 8 rings (SSSR count). The molecule has 12 heteroatoms. The Bertz CT molecular complexity index is 2500. The molecule has 5 aromatic carbocycles. The average Bonchev–Trinajstić information content (AvgIpc) is 3.38. The SMILES string of the molecule is C=CCOC12Oc3ccc(OCCSc4ccccc4)cc3C3C(CCCCO)C(CCCCO)C=C(C(=NOC)CC1N(Cc1cccc4ccccc14)C(=O)OCCOCc1ccccc1)C32. The Morgan fingerprint density at radius 2 is 1.64 bits per heavy atom. The van der Waals surface area contributed by atoms with Crippen LogP contribution in [0.2, 0.25) is 0 Å². The molecule has 1 amide bonds. The smallest absolute Gasteiger partial charge is 0.410 e. The van der Waals surface area contributed by atoms with Gasteiger partial charge < -0.3 is 38.7 Å². The molecule has 0 radical (unpaired) electrons. The van der Waals surface area contributed by atoms with Crippen molar-refractivity contribution in [3.63, 3.8) is 0 Å². The fourth-order valence-corrected chi connectivity index (χ4v) is 11.4. The van der Waals surface area contributed by atoms with Gasteiger partial charge in [0.1, 0.15) is 31.3 Å². The zero-order valence-electron chi connectivity index (χ0n) is 39.7. The number of benzene rings is 5. The van der Waals surface area contributed by atoms with Crippen LogP contribution in [0.3, 0.4) is 0 Å². The predicted octanol–water partition coefficient (Wildman–Crippen LogP) is 11.1. The number of carbonyl (C=O) groups is 1. The van der Waals surface area contributed by atoms with E-state index in [4.69, 9.17) is 33.7 Å². The highest BCUT2D eigenvalue weighted by Gasteiger charge is 2.65. The predicted molar refractivity (Wildman–Crippen MR) is 272 cm³/mol. The summed E-state index contributed by atoms with van der Waals surface area (Å²) < 4.78 is 33.4. The quantitative estimate of drug-likeness (QED) is 0.0252. The summed E-state index contributed by atoms with van der Waals surface area (Å²) >= 11 is 1.75. The van der Waals surface area contributed by atoms with Gasteiger partial charge in [-0.25, -0.2) is 4.79 Å². The Hall–Kier alpha value is -5.63. The van der Waals surface area contributed by atoms with Crippen molar-refractivity contribution in [3.8, 4) is 11.5 Å². The standard InChI is InChI=1S/C57H66N2O9S/c1-3-31-67-57-53(59(39-44-22-16-21-42-19-10-11-25-47(42)44)56(62)66-33-32-64-40-41-17-6-4-7-18-41)38-51(58-63-2)49-36-43(20-12-14-29-60)48(26-13-15-30-61)54(55(49)57)50-37-45(27-28-52(50)68-57)65-34-35-69-46-23-8-5-9-24-46/h3-11,16-19,21-25,27-28,36-37,43,48,53-55,60-61H,1,12-15,20,26,29-35,38-40H2,2H3. The number of aliphatic hydroxyl groups is 2. The number of allylic oxidation sites excluding steroid dienone is 1. The third-order valence-corrected chi connectivity index (χ3v) is 14.6. The summed E-state index contributed by atoms with van der Waals surface area (Å²) in [7, 11) is 1.55. The van der Waals surface area contributed by atoms with Crippen molar-refractivity contribution in [2.45, 2.75) is 80.7 Å². The zero-order valence-corrected chi connectivity index (χ0v) is 40.5. The second kappa shape index (κ2) is 24.8. The Kier molecular flexibility index (Phi) is 17.9. The van der Waals surface area contributed by atoms with E-state index in [2.05, 4.69) is 55.1 Å². The van der Waals surface area contributed by atoms with Crippen molar-refractivity contribution < 1.29 is 43.5 Å². The van der Waals surface area contributed by atoms with Crippen molar-refractivity contribution in [2.75, 3.05) is 52.5 Å². The summed E-state index contributed by atoms with van der Waals surface area (Å²) in [6.07, 6.45) is 8.41.